The van der Waals surface area contributed by atoms with Crippen LogP contribution in [-0.4, -0.2) is 31.0 Å². The van der Waals surface area contributed by atoms with E-state index in [9.17, 15) is 18.0 Å². The van der Waals surface area contributed by atoms with Gasteiger partial charge in [-0.1, -0.05) is 53.7 Å². The number of hydrogen-bond acceptors (Lipinski definition) is 5. The third-order valence-electron chi connectivity index (χ3n) is 5.35. The first-order valence-corrected chi connectivity index (χ1v) is 11.0. The van der Waals surface area contributed by atoms with Gasteiger partial charge in [-0.15, -0.1) is 0 Å². The van der Waals surface area contributed by atoms with Crippen molar-refractivity contribution in [1.82, 2.24) is 5.32 Å². The standard InChI is InChI=1S/C26H21F3N4O3/c27-26(28,29)23-13-19(11-10-18(23)14-30)32-25(34)31-15-20-12-21(36-33-20)16-35-24-9-5-4-8-22(24)17-6-2-1-3-7-17/h1-11,13,21H,12,15-16H2,(H2,31,32,34). The summed E-state index contributed by atoms with van der Waals surface area (Å²) in [5.41, 5.74) is 0.806. The molecule has 1 aliphatic rings. The van der Waals surface area contributed by atoms with Gasteiger partial charge in [-0.25, -0.2) is 4.79 Å². The van der Waals surface area contributed by atoms with Crippen LogP contribution in [-0.2, 0) is 11.0 Å². The lowest BCUT2D eigenvalue weighted by Crippen LogP contribution is -2.33. The lowest BCUT2D eigenvalue weighted by atomic mass is 10.0. The van der Waals surface area contributed by atoms with E-state index in [0.717, 1.165) is 23.3 Å². The molecule has 0 bridgehead atoms. The molecule has 184 valence electrons. The fourth-order valence-electron chi connectivity index (χ4n) is 3.62. The molecule has 3 aromatic carbocycles. The Balaban J connectivity index is 1.26. The topological polar surface area (TPSA) is 95.7 Å². The van der Waals surface area contributed by atoms with Crippen molar-refractivity contribution in [3.63, 3.8) is 0 Å². The molecule has 0 aromatic heterocycles. The zero-order valence-electron chi connectivity index (χ0n) is 18.9. The maximum absolute atomic E-state index is 13.1. The number of ether oxygens (including phenoxy) is 1. The van der Waals surface area contributed by atoms with Crippen LogP contribution in [0.3, 0.4) is 0 Å². The van der Waals surface area contributed by atoms with Crippen LogP contribution in [0.2, 0.25) is 0 Å². The summed E-state index contributed by atoms with van der Waals surface area (Å²) < 4.78 is 45.3. The van der Waals surface area contributed by atoms with Crippen molar-refractivity contribution in [2.24, 2.45) is 5.16 Å². The van der Waals surface area contributed by atoms with Crippen molar-refractivity contribution in [2.45, 2.75) is 18.7 Å². The fraction of sp³-hybridized carbons (Fsp3) is 0.192. The van der Waals surface area contributed by atoms with Crippen molar-refractivity contribution in [3.05, 3.63) is 83.9 Å². The molecular weight excluding hydrogens is 473 g/mol. The first-order chi connectivity index (χ1) is 17.3. The first-order valence-electron chi connectivity index (χ1n) is 11.0. The summed E-state index contributed by atoms with van der Waals surface area (Å²) in [5.74, 6) is 0.707. The van der Waals surface area contributed by atoms with Gasteiger partial charge < -0.3 is 20.2 Å². The minimum atomic E-state index is -4.71. The lowest BCUT2D eigenvalue weighted by Gasteiger charge is -2.14. The van der Waals surface area contributed by atoms with Gasteiger partial charge in [0.05, 0.1) is 29.5 Å². The number of anilines is 1. The number of halogens is 3. The molecule has 0 fully saturated rings. The smallest absolute Gasteiger partial charge is 0.417 e. The minimum Gasteiger partial charge on any atom is -0.489 e. The highest BCUT2D eigenvalue weighted by atomic mass is 19.4. The molecule has 10 heteroatoms. The highest BCUT2D eigenvalue weighted by molar-refractivity contribution is 5.94. The number of carbonyl (C=O) groups excluding carboxylic acids is 1. The summed E-state index contributed by atoms with van der Waals surface area (Å²) >= 11 is 0. The number of para-hydroxylation sites is 1. The monoisotopic (exact) mass is 494 g/mol. The highest BCUT2D eigenvalue weighted by Crippen LogP contribution is 2.33. The summed E-state index contributed by atoms with van der Waals surface area (Å²) in [6.45, 7) is 0.292. The van der Waals surface area contributed by atoms with Gasteiger partial charge in [0, 0.05) is 17.7 Å². The van der Waals surface area contributed by atoms with E-state index in [2.05, 4.69) is 15.8 Å². The normalized spacial score (nSPS) is 14.8. The molecule has 36 heavy (non-hydrogen) atoms. The van der Waals surface area contributed by atoms with Gasteiger partial charge in [0.2, 0.25) is 0 Å². The molecule has 2 N–H and O–H groups in total. The van der Waals surface area contributed by atoms with Crippen LogP contribution in [0, 0.1) is 11.3 Å². The van der Waals surface area contributed by atoms with Gasteiger partial charge >= 0.3 is 12.2 Å². The van der Waals surface area contributed by atoms with E-state index in [0.29, 0.717) is 17.9 Å². The number of rotatable bonds is 7. The van der Waals surface area contributed by atoms with E-state index in [1.54, 1.807) is 0 Å². The predicted molar refractivity (Wildman–Crippen MR) is 127 cm³/mol. The zero-order chi connectivity index (χ0) is 25.5. The second-order valence-corrected chi connectivity index (χ2v) is 7.94. The van der Waals surface area contributed by atoms with Crippen molar-refractivity contribution < 1.29 is 27.5 Å². The maximum atomic E-state index is 13.1. The van der Waals surface area contributed by atoms with Crippen LogP contribution in [0.25, 0.3) is 11.1 Å². The molecule has 4 rings (SSSR count). The molecule has 1 aliphatic heterocycles. The van der Waals surface area contributed by atoms with Crippen LogP contribution in [0.5, 0.6) is 5.75 Å². The summed E-state index contributed by atoms with van der Waals surface area (Å²) in [5, 5.41) is 17.7. The van der Waals surface area contributed by atoms with E-state index >= 15 is 0 Å². The fourth-order valence-corrected chi connectivity index (χ4v) is 3.62. The molecule has 0 saturated carbocycles. The number of urea groups is 1. The van der Waals surface area contributed by atoms with Crippen LogP contribution < -0.4 is 15.4 Å². The molecular formula is C26H21F3N4O3. The van der Waals surface area contributed by atoms with Crippen molar-refractivity contribution in [2.75, 3.05) is 18.5 Å². The number of nitrogens with one attached hydrogen (secondary N) is 2. The van der Waals surface area contributed by atoms with Gasteiger partial charge in [0.25, 0.3) is 0 Å². The van der Waals surface area contributed by atoms with Crippen LogP contribution in [0.4, 0.5) is 23.7 Å². The molecule has 1 heterocycles. The Morgan fingerprint density at radius 1 is 1.11 bits per heavy atom. The SMILES string of the molecule is N#Cc1ccc(NC(=O)NCC2=NOC(COc3ccccc3-c3ccccc3)C2)cc1C(F)(F)F. The summed E-state index contributed by atoms with van der Waals surface area (Å²) in [4.78, 5) is 17.6. The summed E-state index contributed by atoms with van der Waals surface area (Å²) in [6, 6.07) is 21.2. The van der Waals surface area contributed by atoms with Crippen molar-refractivity contribution in [1.29, 1.82) is 5.26 Å². The molecule has 1 atom stereocenters. The molecule has 7 nitrogen and oxygen atoms in total. The third-order valence-corrected chi connectivity index (χ3v) is 5.35. The average molecular weight is 494 g/mol. The van der Waals surface area contributed by atoms with Crippen LogP contribution >= 0.6 is 0 Å². The van der Waals surface area contributed by atoms with Gasteiger partial charge in [0.15, 0.2) is 6.10 Å². The molecule has 0 saturated heterocycles. The highest BCUT2D eigenvalue weighted by Gasteiger charge is 2.34. The quantitative estimate of drug-likeness (QED) is 0.448. The number of amides is 2. The average Bonchev–Trinajstić information content (AvgIpc) is 3.34. The van der Waals surface area contributed by atoms with Gasteiger partial charge in [-0.3, -0.25) is 0 Å². The Morgan fingerprint density at radius 3 is 2.61 bits per heavy atom. The molecule has 0 spiro atoms. The Bertz CT molecular complexity index is 1300. The molecule has 0 aliphatic carbocycles. The molecule has 0 radical (unpaired) electrons. The van der Waals surface area contributed by atoms with Crippen molar-refractivity contribution in [3.8, 4) is 22.9 Å². The van der Waals surface area contributed by atoms with E-state index in [4.69, 9.17) is 14.8 Å². The number of hydrogen-bond donors (Lipinski definition) is 2. The largest absolute Gasteiger partial charge is 0.489 e. The Labute approximate surface area is 205 Å². The minimum absolute atomic E-state index is 0.0470. The number of alkyl halides is 3. The predicted octanol–water partition coefficient (Wildman–Crippen LogP) is 5.59. The zero-order valence-corrected chi connectivity index (χ0v) is 18.9. The number of benzene rings is 3. The van der Waals surface area contributed by atoms with E-state index < -0.39 is 23.3 Å². The maximum Gasteiger partial charge on any atom is 0.417 e. The van der Waals surface area contributed by atoms with Gasteiger partial charge in [-0.2, -0.15) is 18.4 Å². The second kappa shape index (κ2) is 10.8. The van der Waals surface area contributed by atoms with E-state index in [-0.39, 0.29) is 24.9 Å². The van der Waals surface area contributed by atoms with Crippen LogP contribution in [0.1, 0.15) is 17.5 Å². The molecule has 3 aromatic rings. The number of nitriles is 1. The number of carbonyl (C=O) groups is 1. The molecule has 1 unspecified atom stereocenters. The second-order valence-electron chi connectivity index (χ2n) is 7.94. The Hall–Kier alpha value is -4.52. The van der Waals surface area contributed by atoms with Gasteiger partial charge in [0.1, 0.15) is 12.4 Å². The summed E-state index contributed by atoms with van der Waals surface area (Å²) in [7, 11) is 0. The van der Waals surface area contributed by atoms with E-state index in [1.807, 2.05) is 54.6 Å². The van der Waals surface area contributed by atoms with E-state index in [1.165, 1.54) is 12.1 Å². The van der Waals surface area contributed by atoms with Gasteiger partial charge in [-0.05, 0) is 29.8 Å². The van der Waals surface area contributed by atoms with Crippen molar-refractivity contribution >= 4 is 17.4 Å². The first kappa shape index (κ1) is 24.6. The van der Waals surface area contributed by atoms with Crippen LogP contribution in [0.15, 0.2) is 78.0 Å². The number of nitrogens with zero attached hydrogens (tertiary/aromatic N) is 2. The third kappa shape index (κ3) is 6.13. The molecule has 2 amide bonds. The number of oxime groups is 1. The lowest BCUT2D eigenvalue weighted by molar-refractivity contribution is -0.137. The Kier molecular flexibility index (Phi) is 7.39. The summed E-state index contributed by atoms with van der Waals surface area (Å²) in [6.07, 6.45) is -4.64. The Morgan fingerprint density at radius 2 is 1.86 bits per heavy atom.